The average Bonchev–Trinajstić information content (AvgIpc) is 2.19. The normalized spacial score (nSPS) is 10.5. The van der Waals surface area contributed by atoms with Gasteiger partial charge < -0.3 is 5.32 Å². The molecule has 0 amide bonds. The summed E-state index contributed by atoms with van der Waals surface area (Å²) in [6, 6.07) is 14.8. The highest BCUT2D eigenvalue weighted by Gasteiger charge is 1.94. The lowest BCUT2D eigenvalue weighted by atomic mass is 10.0. The van der Waals surface area contributed by atoms with Crippen LogP contribution in [-0.2, 0) is 6.54 Å². The molecule has 0 bridgehead atoms. The summed E-state index contributed by atoms with van der Waals surface area (Å²) >= 11 is 0. The fourth-order valence-corrected chi connectivity index (χ4v) is 1.60. The number of hydrogen-bond acceptors (Lipinski definition) is 0. The molecule has 0 radical (unpaired) electrons. The van der Waals surface area contributed by atoms with E-state index in [9.17, 15) is 0 Å². The van der Waals surface area contributed by atoms with Crippen molar-refractivity contribution in [2.24, 2.45) is 0 Å². The zero-order valence-electron chi connectivity index (χ0n) is 7.70. The quantitative estimate of drug-likeness (QED) is 0.656. The molecule has 0 spiro atoms. The zero-order chi connectivity index (χ0) is 9.10. The minimum atomic E-state index is 0.807. The molecule has 1 heteroatoms. The Morgan fingerprint density at radius 2 is 1.77 bits per heavy atom. The predicted molar refractivity (Wildman–Crippen MR) is 56.9 cm³/mol. The molecule has 0 fully saturated rings. The number of fused-ring (bicyclic) bond motifs is 1. The van der Waals surface area contributed by atoms with Gasteiger partial charge in [0.2, 0.25) is 0 Å². The molecule has 0 saturated carbocycles. The molecule has 0 saturated heterocycles. The Labute approximate surface area is 78.4 Å². The van der Waals surface area contributed by atoms with E-state index in [1.807, 2.05) is 7.05 Å². The minimum Gasteiger partial charge on any atom is -0.661 e. The van der Waals surface area contributed by atoms with Crippen LogP contribution in [0, 0.1) is 0 Å². The molecule has 2 aromatic rings. The van der Waals surface area contributed by atoms with Crippen LogP contribution in [0.5, 0.6) is 0 Å². The van der Waals surface area contributed by atoms with Gasteiger partial charge in [-0.05, 0) is 10.8 Å². The van der Waals surface area contributed by atoms with Crippen LogP contribution in [0.4, 0.5) is 0 Å². The summed E-state index contributed by atoms with van der Waals surface area (Å²) in [5, 5.41) is 6.77. The van der Waals surface area contributed by atoms with Gasteiger partial charge in [-0.1, -0.05) is 48.0 Å². The standard InChI is InChI=1S/C12H12N/c1-13-9-11-7-4-6-10-5-2-3-8-12(10)11/h2-8H,9H2,1H3/q-1. The highest BCUT2D eigenvalue weighted by Crippen LogP contribution is 2.19. The van der Waals surface area contributed by atoms with Gasteiger partial charge >= 0.3 is 0 Å². The Bertz CT molecular complexity index is 401. The summed E-state index contributed by atoms with van der Waals surface area (Å²) in [6.07, 6.45) is 0. The van der Waals surface area contributed by atoms with Gasteiger partial charge in [-0.25, -0.2) is 0 Å². The van der Waals surface area contributed by atoms with Gasteiger partial charge in [-0.15, -0.1) is 6.54 Å². The minimum absolute atomic E-state index is 0.807. The zero-order valence-corrected chi connectivity index (χ0v) is 7.70. The molecule has 2 rings (SSSR count). The van der Waals surface area contributed by atoms with Crippen molar-refractivity contribution in [1.29, 1.82) is 0 Å². The van der Waals surface area contributed by atoms with Crippen molar-refractivity contribution < 1.29 is 0 Å². The van der Waals surface area contributed by atoms with Crippen LogP contribution in [0.2, 0.25) is 0 Å². The van der Waals surface area contributed by atoms with E-state index in [4.69, 9.17) is 0 Å². The summed E-state index contributed by atoms with van der Waals surface area (Å²) in [4.78, 5) is 0. The lowest BCUT2D eigenvalue weighted by Crippen LogP contribution is -1.84. The van der Waals surface area contributed by atoms with Crippen LogP contribution < -0.4 is 0 Å². The van der Waals surface area contributed by atoms with Crippen molar-refractivity contribution in [2.75, 3.05) is 7.05 Å². The Morgan fingerprint density at radius 1 is 1.00 bits per heavy atom. The van der Waals surface area contributed by atoms with Gasteiger partial charge in [0.1, 0.15) is 0 Å². The second-order valence-corrected chi connectivity index (χ2v) is 3.11. The molecule has 1 nitrogen and oxygen atoms in total. The second-order valence-electron chi connectivity index (χ2n) is 3.11. The first-order valence-corrected chi connectivity index (χ1v) is 4.44. The first-order chi connectivity index (χ1) is 6.42. The SMILES string of the molecule is C[N-]Cc1cccc2ccccc12. The average molecular weight is 170 g/mol. The molecule has 0 aliphatic rings. The Hall–Kier alpha value is -1.34. The first kappa shape index (κ1) is 8.27. The predicted octanol–water partition coefficient (Wildman–Crippen LogP) is 3.34. The van der Waals surface area contributed by atoms with Crippen LogP contribution in [0.15, 0.2) is 42.5 Å². The molecule has 0 N–H and O–H groups in total. The molecule has 0 aromatic heterocycles. The van der Waals surface area contributed by atoms with E-state index >= 15 is 0 Å². The molecule has 2 aromatic carbocycles. The molecule has 0 atom stereocenters. The summed E-state index contributed by atoms with van der Waals surface area (Å²) in [5.41, 5.74) is 1.31. The van der Waals surface area contributed by atoms with Crippen molar-refractivity contribution in [2.45, 2.75) is 6.54 Å². The van der Waals surface area contributed by atoms with Gasteiger partial charge in [-0.2, -0.15) is 7.05 Å². The second kappa shape index (κ2) is 3.58. The fourth-order valence-electron chi connectivity index (χ4n) is 1.60. The lowest BCUT2D eigenvalue weighted by Gasteiger charge is -2.13. The third-order valence-electron chi connectivity index (χ3n) is 2.21. The molecule has 0 heterocycles. The van der Waals surface area contributed by atoms with Gasteiger partial charge in [0.05, 0.1) is 0 Å². The molecule has 0 unspecified atom stereocenters. The maximum atomic E-state index is 4.16. The molecular weight excluding hydrogens is 158 g/mol. The molecular formula is C12H12N-. The van der Waals surface area contributed by atoms with E-state index in [1.54, 1.807) is 0 Å². The molecule has 0 aliphatic carbocycles. The van der Waals surface area contributed by atoms with E-state index in [2.05, 4.69) is 47.8 Å². The summed E-state index contributed by atoms with van der Waals surface area (Å²) in [6.45, 7) is 0.807. The van der Waals surface area contributed by atoms with E-state index in [1.165, 1.54) is 16.3 Å². The van der Waals surface area contributed by atoms with Gasteiger partial charge in [0.25, 0.3) is 0 Å². The third-order valence-corrected chi connectivity index (χ3v) is 2.21. The van der Waals surface area contributed by atoms with Crippen molar-refractivity contribution in [1.82, 2.24) is 0 Å². The first-order valence-electron chi connectivity index (χ1n) is 4.44. The van der Waals surface area contributed by atoms with Crippen LogP contribution in [-0.4, -0.2) is 7.05 Å². The van der Waals surface area contributed by atoms with Crippen molar-refractivity contribution in [3.63, 3.8) is 0 Å². The Morgan fingerprint density at radius 3 is 2.62 bits per heavy atom. The Balaban J connectivity index is 2.61. The van der Waals surface area contributed by atoms with Crippen LogP contribution in [0.25, 0.3) is 16.1 Å². The van der Waals surface area contributed by atoms with Gasteiger partial charge in [0, 0.05) is 0 Å². The van der Waals surface area contributed by atoms with E-state index in [-0.39, 0.29) is 0 Å². The third kappa shape index (κ3) is 1.56. The topological polar surface area (TPSA) is 14.1 Å². The number of nitrogens with zero attached hydrogens (tertiary/aromatic N) is 1. The Kier molecular flexibility index (Phi) is 2.28. The van der Waals surface area contributed by atoms with Crippen molar-refractivity contribution in [3.05, 3.63) is 53.3 Å². The fraction of sp³-hybridized carbons (Fsp3) is 0.167. The highest BCUT2D eigenvalue weighted by atomic mass is 14.8. The highest BCUT2D eigenvalue weighted by molar-refractivity contribution is 5.85. The maximum absolute atomic E-state index is 4.16. The van der Waals surface area contributed by atoms with Crippen LogP contribution in [0.3, 0.4) is 0 Å². The van der Waals surface area contributed by atoms with Crippen LogP contribution in [0.1, 0.15) is 5.56 Å². The van der Waals surface area contributed by atoms with Crippen molar-refractivity contribution >= 4 is 10.8 Å². The summed E-state index contributed by atoms with van der Waals surface area (Å²) < 4.78 is 0. The van der Waals surface area contributed by atoms with Crippen molar-refractivity contribution in [3.8, 4) is 0 Å². The van der Waals surface area contributed by atoms with E-state index in [0.717, 1.165) is 6.54 Å². The number of hydrogen-bond donors (Lipinski definition) is 0. The van der Waals surface area contributed by atoms with Gasteiger partial charge in [-0.3, -0.25) is 0 Å². The van der Waals surface area contributed by atoms with Crippen LogP contribution >= 0.6 is 0 Å². The molecule has 66 valence electrons. The molecule has 13 heavy (non-hydrogen) atoms. The van der Waals surface area contributed by atoms with E-state index in [0.29, 0.717) is 0 Å². The maximum Gasteiger partial charge on any atom is -0.0169 e. The monoisotopic (exact) mass is 170 g/mol. The molecule has 0 aliphatic heterocycles. The smallest absolute Gasteiger partial charge is 0.0169 e. The summed E-state index contributed by atoms with van der Waals surface area (Å²) in [5.74, 6) is 0. The number of benzene rings is 2. The lowest BCUT2D eigenvalue weighted by molar-refractivity contribution is 1.21. The number of rotatable bonds is 2. The van der Waals surface area contributed by atoms with Gasteiger partial charge in [0.15, 0.2) is 0 Å². The summed E-state index contributed by atoms with van der Waals surface area (Å²) in [7, 11) is 1.85. The largest absolute Gasteiger partial charge is 0.661 e. The van der Waals surface area contributed by atoms with E-state index < -0.39 is 0 Å².